The van der Waals surface area contributed by atoms with E-state index in [2.05, 4.69) is 5.32 Å². The fourth-order valence-corrected chi connectivity index (χ4v) is 4.57. The number of ether oxygens (including phenoxy) is 2. The van der Waals surface area contributed by atoms with E-state index in [0.717, 1.165) is 17.7 Å². The van der Waals surface area contributed by atoms with E-state index >= 15 is 0 Å². The van der Waals surface area contributed by atoms with E-state index in [1.54, 1.807) is 25.3 Å². The maximum Gasteiger partial charge on any atom is 0.321 e. The van der Waals surface area contributed by atoms with Crippen molar-refractivity contribution in [1.29, 1.82) is 0 Å². The number of carbonyl (C=O) groups excluding carboxylic acids is 3. The number of hydrogen-bond donors (Lipinski definition) is 4. The Bertz CT molecular complexity index is 917. The lowest BCUT2D eigenvalue weighted by Crippen LogP contribution is -2.48. The molecule has 0 heterocycles. The summed E-state index contributed by atoms with van der Waals surface area (Å²) >= 11 is 0. The van der Waals surface area contributed by atoms with Crippen molar-refractivity contribution >= 4 is 30.3 Å². The molecule has 0 aliphatic rings. The number of unbranched alkanes of at least 4 members (excludes halogenated alkanes) is 1. The third kappa shape index (κ3) is 13.4. The second-order valence-corrected chi connectivity index (χ2v) is 11.1. The standard InChI is InChI=1S/C30H52N4O6.ClH/c1-7-14-34(30(32)38)29(37)24(21(4)5)18-26(35)25(31)17-22(20(2)3)19-33-28(36)23-12-8-9-13-27(23)40-16-11-10-15-39-6;/h8-9,12-13,20-22,24-26,35H,7,10-11,14-19,31H2,1-6H3,(H2,32,38)(H,33,36);1H. The van der Waals surface area contributed by atoms with Gasteiger partial charge in [0, 0.05) is 38.8 Å². The molecule has 1 rings (SSSR count). The Balaban J connectivity index is 0.0000160. The van der Waals surface area contributed by atoms with Crippen LogP contribution in [0.1, 0.15) is 77.1 Å². The van der Waals surface area contributed by atoms with Crippen LogP contribution in [0.3, 0.4) is 0 Å². The number of urea groups is 1. The third-order valence-electron chi connectivity index (χ3n) is 7.27. The molecule has 4 unspecified atom stereocenters. The smallest absolute Gasteiger partial charge is 0.321 e. The lowest BCUT2D eigenvalue weighted by atomic mass is 9.83. The molecule has 0 saturated heterocycles. The highest BCUT2D eigenvalue weighted by Gasteiger charge is 2.33. The molecule has 0 aliphatic heterocycles. The van der Waals surface area contributed by atoms with Crippen LogP contribution in [0.5, 0.6) is 5.75 Å². The van der Waals surface area contributed by atoms with Crippen molar-refractivity contribution in [1.82, 2.24) is 10.2 Å². The third-order valence-corrected chi connectivity index (χ3v) is 7.27. The Labute approximate surface area is 252 Å². The number of aliphatic hydroxyl groups excluding tert-OH is 1. The fourth-order valence-electron chi connectivity index (χ4n) is 4.57. The quantitative estimate of drug-likeness (QED) is 0.175. The number of carbonyl (C=O) groups is 3. The maximum atomic E-state index is 13.1. The van der Waals surface area contributed by atoms with Gasteiger partial charge in [-0.25, -0.2) is 4.79 Å². The lowest BCUT2D eigenvalue weighted by Gasteiger charge is -2.31. The zero-order valence-electron chi connectivity index (χ0n) is 25.6. The molecule has 0 fully saturated rings. The van der Waals surface area contributed by atoms with Crippen LogP contribution >= 0.6 is 12.4 Å². The predicted molar refractivity (Wildman–Crippen MR) is 164 cm³/mol. The molecule has 11 heteroatoms. The summed E-state index contributed by atoms with van der Waals surface area (Å²) in [6.45, 7) is 11.5. The van der Waals surface area contributed by atoms with Crippen molar-refractivity contribution < 1.29 is 29.0 Å². The van der Waals surface area contributed by atoms with E-state index < -0.39 is 24.1 Å². The second-order valence-electron chi connectivity index (χ2n) is 11.1. The SMILES string of the molecule is CCCN(C(N)=O)C(=O)C(CC(O)C(N)CC(CNC(=O)c1ccccc1OCCCCOC)C(C)C)C(C)C.Cl. The number of methoxy groups -OCH3 is 1. The molecule has 1 aromatic carbocycles. The van der Waals surface area contributed by atoms with Gasteiger partial charge in [0.2, 0.25) is 5.91 Å². The van der Waals surface area contributed by atoms with Gasteiger partial charge in [0.05, 0.1) is 18.3 Å². The first kappa shape index (κ1) is 38.6. The van der Waals surface area contributed by atoms with E-state index in [1.165, 1.54) is 0 Å². The van der Waals surface area contributed by atoms with Crippen LogP contribution in [0.15, 0.2) is 24.3 Å². The molecule has 0 bridgehead atoms. The molecule has 6 N–H and O–H groups in total. The molecular weight excluding hydrogens is 548 g/mol. The van der Waals surface area contributed by atoms with E-state index in [1.807, 2.05) is 40.7 Å². The number of nitrogens with one attached hydrogen (secondary N) is 1. The number of imide groups is 1. The molecule has 1 aromatic rings. The van der Waals surface area contributed by atoms with E-state index in [-0.39, 0.29) is 54.9 Å². The van der Waals surface area contributed by atoms with E-state index in [9.17, 15) is 19.5 Å². The number of nitrogens with zero attached hydrogens (tertiary/aromatic N) is 1. The van der Waals surface area contributed by atoms with Gasteiger partial charge in [-0.15, -0.1) is 12.4 Å². The lowest BCUT2D eigenvalue weighted by molar-refractivity contribution is -0.135. The molecule has 4 amide bonds. The Morgan fingerprint density at radius 2 is 1.66 bits per heavy atom. The molecule has 0 aliphatic carbocycles. The van der Waals surface area contributed by atoms with Gasteiger partial charge in [-0.2, -0.15) is 0 Å². The molecule has 4 atom stereocenters. The van der Waals surface area contributed by atoms with Crippen LogP contribution in [0.2, 0.25) is 0 Å². The monoisotopic (exact) mass is 600 g/mol. The predicted octanol–water partition coefficient (Wildman–Crippen LogP) is 3.97. The number of primary amides is 1. The van der Waals surface area contributed by atoms with Crippen LogP contribution in [0, 0.1) is 23.7 Å². The number of hydrogen-bond acceptors (Lipinski definition) is 7. The summed E-state index contributed by atoms with van der Waals surface area (Å²) in [7, 11) is 1.66. The number of amides is 4. The van der Waals surface area contributed by atoms with Crippen LogP contribution in [-0.4, -0.2) is 73.4 Å². The number of benzene rings is 1. The highest BCUT2D eigenvalue weighted by molar-refractivity contribution is 5.97. The van der Waals surface area contributed by atoms with Gasteiger partial charge >= 0.3 is 6.03 Å². The summed E-state index contributed by atoms with van der Waals surface area (Å²) in [4.78, 5) is 39.0. The largest absolute Gasteiger partial charge is 0.493 e. The van der Waals surface area contributed by atoms with E-state index in [4.69, 9.17) is 20.9 Å². The molecule has 41 heavy (non-hydrogen) atoms. The van der Waals surface area contributed by atoms with Crippen molar-refractivity contribution in [2.24, 2.45) is 35.1 Å². The topological polar surface area (TPSA) is 157 Å². The summed E-state index contributed by atoms with van der Waals surface area (Å²) in [6.07, 6.45) is 1.90. The number of para-hydroxylation sites is 1. The minimum atomic E-state index is -0.961. The average molecular weight is 601 g/mol. The van der Waals surface area contributed by atoms with Gasteiger partial charge in [0.15, 0.2) is 0 Å². The number of nitrogens with two attached hydrogens (primary N) is 2. The molecular formula is C30H53ClN4O6. The van der Waals surface area contributed by atoms with Crippen molar-refractivity contribution in [3.05, 3.63) is 29.8 Å². The molecule has 0 radical (unpaired) electrons. The number of rotatable bonds is 19. The van der Waals surface area contributed by atoms with Crippen LogP contribution < -0.4 is 21.5 Å². The van der Waals surface area contributed by atoms with Gasteiger partial charge in [-0.1, -0.05) is 46.8 Å². The van der Waals surface area contributed by atoms with Crippen molar-refractivity contribution in [2.75, 3.05) is 33.4 Å². The second kappa shape index (κ2) is 20.5. The molecule has 0 saturated carbocycles. The first-order chi connectivity index (χ1) is 18.9. The highest BCUT2D eigenvalue weighted by atomic mass is 35.5. The molecule has 10 nitrogen and oxygen atoms in total. The Morgan fingerprint density at radius 1 is 1.02 bits per heavy atom. The number of halogens is 1. The van der Waals surface area contributed by atoms with Gasteiger partial charge in [0.25, 0.3) is 5.91 Å². The Morgan fingerprint density at radius 3 is 2.22 bits per heavy atom. The highest BCUT2D eigenvalue weighted by Crippen LogP contribution is 2.25. The van der Waals surface area contributed by atoms with Gasteiger partial charge in [-0.05, 0) is 62.0 Å². The molecule has 0 spiro atoms. The fraction of sp³-hybridized carbons (Fsp3) is 0.700. The minimum absolute atomic E-state index is 0. The molecule has 236 valence electrons. The van der Waals surface area contributed by atoms with Gasteiger partial charge in [0.1, 0.15) is 5.75 Å². The normalized spacial score (nSPS) is 14.1. The summed E-state index contributed by atoms with van der Waals surface area (Å²) in [5, 5.41) is 14.0. The summed E-state index contributed by atoms with van der Waals surface area (Å²) in [5.41, 5.74) is 12.3. The summed E-state index contributed by atoms with van der Waals surface area (Å²) in [6, 6.07) is 5.74. The molecule has 0 aromatic heterocycles. The average Bonchev–Trinajstić information content (AvgIpc) is 2.91. The first-order valence-electron chi connectivity index (χ1n) is 14.5. The number of aliphatic hydroxyl groups is 1. The van der Waals surface area contributed by atoms with E-state index in [0.29, 0.717) is 43.9 Å². The summed E-state index contributed by atoms with van der Waals surface area (Å²) < 4.78 is 10.9. The van der Waals surface area contributed by atoms with Crippen LogP contribution in [-0.2, 0) is 9.53 Å². The van der Waals surface area contributed by atoms with Crippen LogP contribution in [0.4, 0.5) is 4.79 Å². The Kier molecular flexibility index (Phi) is 19.3. The van der Waals surface area contributed by atoms with Crippen LogP contribution in [0.25, 0.3) is 0 Å². The van der Waals surface area contributed by atoms with Gasteiger partial charge in [-0.3, -0.25) is 14.5 Å². The van der Waals surface area contributed by atoms with Crippen molar-refractivity contribution in [2.45, 2.75) is 78.9 Å². The van der Waals surface area contributed by atoms with Gasteiger partial charge < -0.3 is 31.4 Å². The zero-order chi connectivity index (χ0) is 30.2. The summed E-state index contributed by atoms with van der Waals surface area (Å²) in [5.74, 6) is -0.626. The van der Waals surface area contributed by atoms with Crippen molar-refractivity contribution in [3.63, 3.8) is 0 Å². The minimum Gasteiger partial charge on any atom is -0.493 e. The maximum absolute atomic E-state index is 13.1. The zero-order valence-corrected chi connectivity index (χ0v) is 26.5. The first-order valence-corrected chi connectivity index (χ1v) is 14.5. The Hall–Kier alpha value is -2.40. The van der Waals surface area contributed by atoms with Crippen molar-refractivity contribution in [3.8, 4) is 5.75 Å².